The predicted molar refractivity (Wildman–Crippen MR) is 112 cm³/mol. The van der Waals surface area contributed by atoms with Crippen molar-refractivity contribution < 1.29 is 14.0 Å². The summed E-state index contributed by atoms with van der Waals surface area (Å²) in [4.78, 5) is 12.7. The zero-order chi connectivity index (χ0) is 19.7. The summed E-state index contributed by atoms with van der Waals surface area (Å²) in [5, 5.41) is 0.109. The molecule has 2 aromatic carbocycles. The monoisotopic (exact) mass is 382 g/mol. The molecule has 2 aromatic rings. The van der Waals surface area contributed by atoms with Gasteiger partial charge in [0.15, 0.2) is 8.32 Å². The van der Waals surface area contributed by atoms with Gasteiger partial charge in [0, 0.05) is 12.8 Å². The number of carbonyl (C=O) groups excluding carboxylic acids is 1. The molecule has 4 heteroatoms. The van der Waals surface area contributed by atoms with Gasteiger partial charge in [-0.3, -0.25) is 0 Å². The van der Waals surface area contributed by atoms with E-state index in [9.17, 15) is 4.79 Å². The first-order chi connectivity index (χ1) is 12.7. The van der Waals surface area contributed by atoms with Gasteiger partial charge in [-0.25, -0.2) is 4.79 Å². The minimum atomic E-state index is -1.98. The molecule has 0 amide bonds. The largest absolute Gasteiger partial charge is 0.456 e. The number of ether oxygens (including phenoxy) is 1. The second kappa shape index (κ2) is 7.61. The molecule has 0 fully saturated rings. The molecule has 0 heterocycles. The SMILES string of the molecule is CC(C)(C)[Si](C)(C)O[C@@H]1Cc2ccccc2C[C@@H]1OC(=O)c1ccccc1. The van der Waals surface area contributed by atoms with Gasteiger partial charge < -0.3 is 9.16 Å². The van der Waals surface area contributed by atoms with Crippen LogP contribution in [0.2, 0.25) is 18.1 Å². The van der Waals surface area contributed by atoms with Crippen molar-refractivity contribution in [2.45, 2.75) is 64.0 Å². The molecule has 3 rings (SSSR count). The lowest BCUT2D eigenvalue weighted by atomic mass is 9.88. The Hall–Kier alpha value is -1.91. The Bertz CT molecular complexity index is 793. The van der Waals surface area contributed by atoms with E-state index in [0.717, 1.165) is 6.42 Å². The molecule has 1 aliphatic rings. The van der Waals surface area contributed by atoms with E-state index < -0.39 is 8.32 Å². The molecule has 2 atom stereocenters. The molecular weight excluding hydrogens is 352 g/mol. The van der Waals surface area contributed by atoms with Crippen LogP contribution in [0.15, 0.2) is 54.6 Å². The maximum absolute atomic E-state index is 12.7. The Labute approximate surface area is 163 Å². The topological polar surface area (TPSA) is 35.5 Å². The lowest BCUT2D eigenvalue weighted by Crippen LogP contribution is -2.50. The molecule has 27 heavy (non-hydrogen) atoms. The van der Waals surface area contributed by atoms with Gasteiger partial charge in [0.2, 0.25) is 0 Å². The summed E-state index contributed by atoms with van der Waals surface area (Å²) in [6, 6.07) is 17.6. The number of carbonyl (C=O) groups is 1. The van der Waals surface area contributed by atoms with Gasteiger partial charge in [-0.2, -0.15) is 0 Å². The van der Waals surface area contributed by atoms with Crippen molar-refractivity contribution in [1.29, 1.82) is 0 Å². The Kier molecular flexibility index (Phi) is 5.59. The summed E-state index contributed by atoms with van der Waals surface area (Å²) >= 11 is 0. The molecular formula is C23H30O3Si. The number of esters is 1. The van der Waals surface area contributed by atoms with Crippen molar-refractivity contribution in [2.24, 2.45) is 0 Å². The second-order valence-electron chi connectivity index (χ2n) is 8.90. The minimum Gasteiger partial charge on any atom is -0.456 e. The van der Waals surface area contributed by atoms with Gasteiger partial charge >= 0.3 is 5.97 Å². The smallest absolute Gasteiger partial charge is 0.338 e. The van der Waals surface area contributed by atoms with Crippen molar-refractivity contribution in [3.05, 3.63) is 71.3 Å². The normalized spacial score (nSPS) is 20.0. The van der Waals surface area contributed by atoms with Crippen LogP contribution in [0.1, 0.15) is 42.3 Å². The Balaban J connectivity index is 1.85. The van der Waals surface area contributed by atoms with Crippen molar-refractivity contribution in [1.82, 2.24) is 0 Å². The molecule has 0 bridgehead atoms. The fraction of sp³-hybridized carbons (Fsp3) is 0.435. The standard InChI is InChI=1S/C23H30O3Si/c1-23(2,3)27(4,5)26-21-16-19-14-10-9-13-18(19)15-20(21)25-22(24)17-11-7-6-8-12-17/h6-14,20-21H,15-16H2,1-5H3/t20-,21+/m0/s1. The van der Waals surface area contributed by atoms with E-state index in [0.29, 0.717) is 12.0 Å². The van der Waals surface area contributed by atoms with E-state index in [1.165, 1.54) is 11.1 Å². The molecule has 0 saturated carbocycles. The van der Waals surface area contributed by atoms with Gasteiger partial charge in [-0.1, -0.05) is 63.2 Å². The van der Waals surface area contributed by atoms with Crippen LogP contribution in [0, 0.1) is 0 Å². The lowest BCUT2D eigenvalue weighted by Gasteiger charge is -2.43. The molecule has 3 nitrogen and oxygen atoms in total. The molecule has 144 valence electrons. The van der Waals surface area contributed by atoms with Crippen LogP contribution in [0.25, 0.3) is 0 Å². The van der Waals surface area contributed by atoms with Crippen LogP contribution in [0.5, 0.6) is 0 Å². The summed E-state index contributed by atoms with van der Waals surface area (Å²) < 4.78 is 12.7. The molecule has 0 aliphatic heterocycles. The van der Waals surface area contributed by atoms with Crippen molar-refractivity contribution >= 4 is 14.3 Å². The van der Waals surface area contributed by atoms with Crippen LogP contribution < -0.4 is 0 Å². The van der Waals surface area contributed by atoms with Gasteiger partial charge in [-0.05, 0) is 41.4 Å². The highest BCUT2D eigenvalue weighted by molar-refractivity contribution is 6.74. The fourth-order valence-corrected chi connectivity index (χ4v) is 4.57. The van der Waals surface area contributed by atoms with E-state index in [-0.39, 0.29) is 23.2 Å². The van der Waals surface area contributed by atoms with Crippen LogP contribution in [-0.4, -0.2) is 26.5 Å². The average molecular weight is 383 g/mol. The Morgan fingerprint density at radius 1 is 0.889 bits per heavy atom. The van der Waals surface area contributed by atoms with Gasteiger partial charge in [0.05, 0.1) is 11.7 Å². The zero-order valence-electron chi connectivity index (χ0n) is 17.0. The minimum absolute atomic E-state index is 0.103. The first kappa shape index (κ1) is 19.8. The van der Waals surface area contributed by atoms with Crippen LogP contribution in [0.4, 0.5) is 0 Å². The molecule has 0 radical (unpaired) electrons. The van der Waals surface area contributed by atoms with E-state index in [2.05, 4.69) is 52.1 Å². The summed E-state index contributed by atoms with van der Waals surface area (Å²) in [5.74, 6) is -0.274. The molecule has 0 spiro atoms. The van der Waals surface area contributed by atoms with E-state index in [4.69, 9.17) is 9.16 Å². The van der Waals surface area contributed by atoms with Crippen LogP contribution in [0.3, 0.4) is 0 Å². The third kappa shape index (κ3) is 4.50. The molecule has 1 aliphatic carbocycles. The highest BCUT2D eigenvalue weighted by Gasteiger charge is 2.43. The summed E-state index contributed by atoms with van der Waals surface area (Å²) in [5.41, 5.74) is 3.13. The van der Waals surface area contributed by atoms with Crippen LogP contribution >= 0.6 is 0 Å². The first-order valence-corrected chi connectivity index (χ1v) is 12.6. The highest BCUT2D eigenvalue weighted by atomic mass is 28.4. The molecule has 0 saturated heterocycles. The van der Waals surface area contributed by atoms with Crippen molar-refractivity contribution in [3.8, 4) is 0 Å². The summed E-state index contributed by atoms with van der Waals surface area (Å²) in [6.07, 6.45) is 1.12. The van der Waals surface area contributed by atoms with Gasteiger partial charge in [0.1, 0.15) is 6.10 Å². The average Bonchev–Trinajstić information content (AvgIpc) is 2.61. The number of fused-ring (bicyclic) bond motifs is 1. The predicted octanol–water partition coefficient (Wildman–Crippen LogP) is 5.40. The number of rotatable bonds is 4. The highest BCUT2D eigenvalue weighted by Crippen LogP contribution is 2.39. The second-order valence-corrected chi connectivity index (χ2v) is 13.7. The lowest BCUT2D eigenvalue weighted by molar-refractivity contribution is -0.0169. The fourth-order valence-electron chi connectivity index (χ4n) is 3.22. The van der Waals surface area contributed by atoms with E-state index >= 15 is 0 Å². The summed E-state index contributed by atoms with van der Waals surface area (Å²) in [6.45, 7) is 11.2. The first-order valence-electron chi connectivity index (χ1n) is 9.68. The Morgan fingerprint density at radius 3 is 1.96 bits per heavy atom. The third-order valence-corrected chi connectivity index (χ3v) is 10.4. The molecule has 0 N–H and O–H groups in total. The van der Waals surface area contributed by atoms with E-state index in [1.807, 2.05) is 24.3 Å². The Morgan fingerprint density at radius 2 is 1.41 bits per heavy atom. The van der Waals surface area contributed by atoms with Crippen LogP contribution in [-0.2, 0) is 22.0 Å². The van der Waals surface area contributed by atoms with Gasteiger partial charge in [0.25, 0.3) is 0 Å². The number of hydrogen-bond acceptors (Lipinski definition) is 3. The quantitative estimate of drug-likeness (QED) is 0.524. The van der Waals surface area contributed by atoms with Crippen molar-refractivity contribution in [2.75, 3.05) is 0 Å². The molecule has 0 unspecified atom stereocenters. The third-order valence-electron chi connectivity index (χ3n) is 5.90. The van der Waals surface area contributed by atoms with E-state index in [1.54, 1.807) is 12.1 Å². The molecule has 0 aromatic heterocycles. The zero-order valence-corrected chi connectivity index (χ0v) is 18.0. The summed E-state index contributed by atoms with van der Waals surface area (Å²) in [7, 11) is -1.98. The van der Waals surface area contributed by atoms with Gasteiger partial charge in [-0.15, -0.1) is 0 Å². The van der Waals surface area contributed by atoms with Crippen molar-refractivity contribution in [3.63, 3.8) is 0 Å². The maximum Gasteiger partial charge on any atom is 0.338 e. The maximum atomic E-state index is 12.7. The number of hydrogen-bond donors (Lipinski definition) is 0. The number of benzene rings is 2.